The summed E-state index contributed by atoms with van der Waals surface area (Å²) in [5, 5.41) is 0.130. The number of allylic oxidation sites excluding steroid dienone is 1. The molecule has 0 spiro atoms. The maximum absolute atomic E-state index is 5.62. The highest BCUT2D eigenvalue weighted by Crippen LogP contribution is 2.00. The third kappa shape index (κ3) is 1.32. The number of nitrogens with zero attached hydrogens (tertiary/aromatic N) is 1. The molecule has 0 bridgehead atoms. The molecule has 0 N–H and O–H groups in total. The molecule has 0 aromatic rings. The first-order valence-corrected chi connectivity index (χ1v) is 2.64. The second-order valence-corrected chi connectivity index (χ2v) is 1.98. The van der Waals surface area contributed by atoms with Gasteiger partial charge in [-0.2, -0.15) is 0 Å². The molecule has 0 saturated carbocycles. The van der Waals surface area contributed by atoms with Crippen LogP contribution in [-0.4, -0.2) is 18.1 Å². The molecule has 0 aliphatic carbocycles. The lowest BCUT2D eigenvalue weighted by molar-refractivity contribution is 1.01. The van der Waals surface area contributed by atoms with E-state index in [0.717, 1.165) is 6.54 Å². The zero-order chi connectivity index (χ0) is 5.11. The van der Waals surface area contributed by atoms with E-state index in [2.05, 4.69) is 4.99 Å². The van der Waals surface area contributed by atoms with Crippen LogP contribution in [0.2, 0.25) is 0 Å². The minimum atomic E-state index is 0.130. The molecule has 0 aromatic heterocycles. The predicted octanol–water partition coefficient (Wildman–Crippen LogP) is 1.23. The van der Waals surface area contributed by atoms with Crippen molar-refractivity contribution in [3.05, 3.63) is 12.2 Å². The average molecular weight is 116 g/mol. The van der Waals surface area contributed by atoms with Crippen LogP contribution in [0.4, 0.5) is 0 Å². The molecule has 1 rings (SSSR count). The molecule has 0 saturated heterocycles. The van der Waals surface area contributed by atoms with Crippen LogP contribution in [-0.2, 0) is 0 Å². The molecular weight excluding hydrogens is 110 g/mol. The van der Waals surface area contributed by atoms with Crippen molar-refractivity contribution >= 4 is 17.8 Å². The topological polar surface area (TPSA) is 12.4 Å². The Hall–Kier alpha value is -0.300. The maximum atomic E-state index is 5.62. The van der Waals surface area contributed by atoms with Crippen molar-refractivity contribution in [2.45, 2.75) is 5.38 Å². The van der Waals surface area contributed by atoms with E-state index in [9.17, 15) is 0 Å². The molecule has 1 heterocycles. The first-order chi connectivity index (χ1) is 3.39. The van der Waals surface area contributed by atoms with E-state index in [1.165, 1.54) is 0 Å². The van der Waals surface area contributed by atoms with Gasteiger partial charge >= 0.3 is 0 Å². The van der Waals surface area contributed by atoms with E-state index in [-0.39, 0.29) is 5.38 Å². The van der Waals surface area contributed by atoms with Gasteiger partial charge in [0, 0.05) is 6.21 Å². The maximum Gasteiger partial charge on any atom is 0.0715 e. The van der Waals surface area contributed by atoms with Gasteiger partial charge in [-0.05, 0) is 6.08 Å². The Balaban J connectivity index is 2.49. The van der Waals surface area contributed by atoms with Crippen LogP contribution in [0.3, 0.4) is 0 Å². The Morgan fingerprint density at radius 3 is 2.86 bits per heavy atom. The molecule has 38 valence electrons. The van der Waals surface area contributed by atoms with E-state index >= 15 is 0 Å². The fourth-order valence-corrected chi connectivity index (χ4v) is 0.617. The zero-order valence-corrected chi connectivity index (χ0v) is 4.60. The summed E-state index contributed by atoms with van der Waals surface area (Å²) in [6.07, 6.45) is 5.55. The molecule has 0 radical (unpaired) electrons. The van der Waals surface area contributed by atoms with Gasteiger partial charge in [-0.25, -0.2) is 0 Å². The summed E-state index contributed by atoms with van der Waals surface area (Å²) in [6, 6.07) is 0. The molecule has 1 aliphatic rings. The SMILES string of the molecule is ClC1C=CC=NC1. The number of rotatable bonds is 0. The summed E-state index contributed by atoms with van der Waals surface area (Å²) in [4.78, 5) is 3.91. The summed E-state index contributed by atoms with van der Waals surface area (Å²) in [7, 11) is 0. The lowest BCUT2D eigenvalue weighted by Gasteiger charge is -1.99. The van der Waals surface area contributed by atoms with Gasteiger partial charge in [-0.15, -0.1) is 11.6 Å². The molecular formula is C5H6ClN. The Morgan fingerprint density at radius 1 is 1.71 bits per heavy atom. The molecule has 0 fully saturated rings. The van der Waals surface area contributed by atoms with Crippen LogP contribution in [0.25, 0.3) is 0 Å². The van der Waals surface area contributed by atoms with Crippen LogP contribution in [0.15, 0.2) is 17.1 Å². The van der Waals surface area contributed by atoms with Crippen molar-refractivity contribution in [1.82, 2.24) is 0 Å². The normalized spacial score (nSPS) is 28.4. The van der Waals surface area contributed by atoms with Crippen molar-refractivity contribution < 1.29 is 0 Å². The van der Waals surface area contributed by atoms with Crippen molar-refractivity contribution in [2.75, 3.05) is 6.54 Å². The van der Waals surface area contributed by atoms with Gasteiger partial charge < -0.3 is 0 Å². The standard InChI is InChI=1S/C5H6ClN/c6-5-2-1-3-7-4-5/h1-3,5H,4H2. The molecule has 1 aliphatic heterocycles. The second kappa shape index (κ2) is 2.12. The van der Waals surface area contributed by atoms with Gasteiger partial charge in [0.25, 0.3) is 0 Å². The lowest BCUT2D eigenvalue weighted by atomic mass is 10.3. The summed E-state index contributed by atoms with van der Waals surface area (Å²) < 4.78 is 0. The van der Waals surface area contributed by atoms with Crippen molar-refractivity contribution in [3.8, 4) is 0 Å². The number of hydrogen-bond acceptors (Lipinski definition) is 1. The number of hydrogen-bond donors (Lipinski definition) is 0. The van der Waals surface area contributed by atoms with Crippen LogP contribution >= 0.6 is 11.6 Å². The van der Waals surface area contributed by atoms with Crippen LogP contribution in [0.1, 0.15) is 0 Å². The molecule has 0 amide bonds. The zero-order valence-electron chi connectivity index (χ0n) is 3.84. The first kappa shape index (κ1) is 4.85. The third-order valence-corrected chi connectivity index (χ3v) is 1.07. The van der Waals surface area contributed by atoms with Crippen LogP contribution in [0, 0.1) is 0 Å². The van der Waals surface area contributed by atoms with Crippen molar-refractivity contribution in [1.29, 1.82) is 0 Å². The Kier molecular flexibility index (Phi) is 1.47. The third-order valence-electron chi connectivity index (χ3n) is 0.791. The Bertz CT molecular complexity index is 107. The highest BCUT2D eigenvalue weighted by atomic mass is 35.5. The first-order valence-electron chi connectivity index (χ1n) is 2.20. The van der Waals surface area contributed by atoms with E-state index in [1.807, 2.05) is 12.2 Å². The fraction of sp³-hybridized carbons (Fsp3) is 0.400. The molecule has 1 atom stereocenters. The van der Waals surface area contributed by atoms with Gasteiger partial charge in [0.2, 0.25) is 0 Å². The van der Waals surface area contributed by atoms with Gasteiger partial charge in [-0.3, -0.25) is 4.99 Å². The predicted molar refractivity (Wildman–Crippen MR) is 32.1 cm³/mol. The van der Waals surface area contributed by atoms with Gasteiger partial charge in [0.05, 0.1) is 11.9 Å². The van der Waals surface area contributed by atoms with Crippen LogP contribution < -0.4 is 0 Å². The monoisotopic (exact) mass is 115 g/mol. The summed E-state index contributed by atoms with van der Waals surface area (Å²) in [5.74, 6) is 0. The van der Waals surface area contributed by atoms with Crippen molar-refractivity contribution in [2.24, 2.45) is 4.99 Å². The summed E-state index contributed by atoms with van der Waals surface area (Å²) in [5.41, 5.74) is 0. The molecule has 0 aromatic carbocycles. The van der Waals surface area contributed by atoms with E-state index in [1.54, 1.807) is 6.21 Å². The highest BCUT2D eigenvalue weighted by Gasteiger charge is 1.96. The van der Waals surface area contributed by atoms with Crippen molar-refractivity contribution in [3.63, 3.8) is 0 Å². The Labute approximate surface area is 47.7 Å². The van der Waals surface area contributed by atoms with E-state index in [0.29, 0.717) is 0 Å². The number of alkyl halides is 1. The number of halogens is 1. The van der Waals surface area contributed by atoms with Gasteiger partial charge in [0.15, 0.2) is 0 Å². The molecule has 2 heteroatoms. The highest BCUT2D eigenvalue weighted by molar-refractivity contribution is 6.22. The summed E-state index contributed by atoms with van der Waals surface area (Å²) >= 11 is 5.62. The van der Waals surface area contributed by atoms with Gasteiger partial charge in [0.1, 0.15) is 0 Å². The smallest absolute Gasteiger partial charge is 0.0715 e. The number of dihydropyridines is 1. The molecule has 1 unspecified atom stereocenters. The van der Waals surface area contributed by atoms with E-state index < -0.39 is 0 Å². The minimum absolute atomic E-state index is 0.130. The molecule has 1 nitrogen and oxygen atoms in total. The van der Waals surface area contributed by atoms with Crippen LogP contribution in [0.5, 0.6) is 0 Å². The second-order valence-electron chi connectivity index (χ2n) is 1.42. The quantitative estimate of drug-likeness (QED) is 0.421. The minimum Gasteiger partial charge on any atom is -0.291 e. The molecule has 7 heavy (non-hydrogen) atoms. The lowest BCUT2D eigenvalue weighted by Crippen LogP contribution is -2.01. The average Bonchev–Trinajstić information content (AvgIpc) is 1.69. The largest absolute Gasteiger partial charge is 0.291 e. The fourth-order valence-electron chi connectivity index (χ4n) is 0.454. The summed E-state index contributed by atoms with van der Waals surface area (Å²) in [6.45, 7) is 0.734. The van der Waals surface area contributed by atoms with Gasteiger partial charge in [-0.1, -0.05) is 6.08 Å². The van der Waals surface area contributed by atoms with E-state index in [4.69, 9.17) is 11.6 Å². The Morgan fingerprint density at radius 2 is 2.57 bits per heavy atom. The number of aliphatic imine (C=N–C) groups is 1.